The Labute approximate surface area is 118 Å². The second-order valence-electron chi connectivity index (χ2n) is 4.78. The maximum Gasteiger partial charge on any atom is 0.332 e. The summed E-state index contributed by atoms with van der Waals surface area (Å²) < 4.78 is 3.84. The number of rotatable bonds is 5. The summed E-state index contributed by atoms with van der Waals surface area (Å²) in [6, 6.07) is -0.176. The van der Waals surface area contributed by atoms with Crippen molar-refractivity contribution in [3.05, 3.63) is 37.3 Å². The molecule has 2 heterocycles. The SMILES string of the molecule is CC(C)n1c(=O)n(C)c(=O)c2c1ncn2CCO[N+](=O)[O-]. The van der Waals surface area contributed by atoms with E-state index in [1.54, 1.807) is 13.8 Å². The third-order valence-electron chi connectivity index (χ3n) is 3.09. The van der Waals surface area contributed by atoms with Crippen LogP contribution in [0.15, 0.2) is 15.9 Å². The molecule has 0 saturated heterocycles. The minimum Gasteiger partial charge on any atom is -0.323 e. The largest absolute Gasteiger partial charge is 0.332 e. The molecule has 10 heteroatoms. The molecule has 0 atom stereocenters. The molecule has 21 heavy (non-hydrogen) atoms. The van der Waals surface area contributed by atoms with Gasteiger partial charge in [-0.25, -0.2) is 9.78 Å². The molecule has 0 aromatic carbocycles. The molecular weight excluding hydrogens is 282 g/mol. The van der Waals surface area contributed by atoms with Crippen molar-refractivity contribution in [3.8, 4) is 0 Å². The van der Waals surface area contributed by atoms with Gasteiger partial charge in [0.25, 0.3) is 10.6 Å². The maximum absolute atomic E-state index is 12.2. The van der Waals surface area contributed by atoms with Crippen LogP contribution in [0.2, 0.25) is 0 Å². The van der Waals surface area contributed by atoms with E-state index in [1.165, 1.54) is 22.5 Å². The lowest BCUT2D eigenvalue weighted by Gasteiger charge is -2.12. The molecular formula is C11H15N5O5. The van der Waals surface area contributed by atoms with Crippen molar-refractivity contribution in [3.63, 3.8) is 0 Å². The molecule has 2 rings (SSSR count). The Morgan fingerprint density at radius 2 is 2.10 bits per heavy atom. The summed E-state index contributed by atoms with van der Waals surface area (Å²) >= 11 is 0. The topological polar surface area (TPSA) is 114 Å². The van der Waals surface area contributed by atoms with Crippen molar-refractivity contribution < 1.29 is 9.92 Å². The predicted octanol–water partition coefficient (Wildman–Crippen LogP) is -0.314. The van der Waals surface area contributed by atoms with Crippen molar-refractivity contribution in [2.24, 2.45) is 7.05 Å². The molecule has 2 aromatic rings. The van der Waals surface area contributed by atoms with Crippen molar-refractivity contribution in [1.29, 1.82) is 0 Å². The maximum atomic E-state index is 12.2. The van der Waals surface area contributed by atoms with Crippen LogP contribution >= 0.6 is 0 Å². The Hall–Kier alpha value is -2.65. The molecule has 0 bridgehead atoms. The van der Waals surface area contributed by atoms with Crippen LogP contribution in [0.25, 0.3) is 11.2 Å². The van der Waals surface area contributed by atoms with Crippen LogP contribution in [0.3, 0.4) is 0 Å². The third-order valence-corrected chi connectivity index (χ3v) is 3.09. The number of imidazole rings is 1. The van der Waals surface area contributed by atoms with Crippen molar-refractivity contribution in [1.82, 2.24) is 18.7 Å². The normalized spacial score (nSPS) is 11.2. The smallest absolute Gasteiger partial charge is 0.323 e. The van der Waals surface area contributed by atoms with Crippen LogP contribution in [0, 0.1) is 10.1 Å². The Morgan fingerprint density at radius 1 is 1.43 bits per heavy atom. The Kier molecular flexibility index (Phi) is 3.78. The summed E-state index contributed by atoms with van der Waals surface area (Å²) in [6.45, 7) is 3.49. The van der Waals surface area contributed by atoms with Crippen LogP contribution in [-0.2, 0) is 18.4 Å². The van der Waals surface area contributed by atoms with Gasteiger partial charge >= 0.3 is 5.69 Å². The molecule has 2 aromatic heterocycles. The molecule has 114 valence electrons. The van der Waals surface area contributed by atoms with Gasteiger partial charge in [0.2, 0.25) is 0 Å². The Balaban J connectivity index is 2.59. The molecule has 0 amide bonds. The van der Waals surface area contributed by atoms with Gasteiger partial charge in [0.15, 0.2) is 11.2 Å². The second kappa shape index (κ2) is 5.38. The average Bonchev–Trinajstić information content (AvgIpc) is 2.79. The second-order valence-corrected chi connectivity index (χ2v) is 4.78. The number of nitrogens with zero attached hydrogens (tertiary/aromatic N) is 5. The zero-order valence-electron chi connectivity index (χ0n) is 11.8. The van der Waals surface area contributed by atoms with Gasteiger partial charge in [-0.3, -0.25) is 13.9 Å². The molecule has 0 fully saturated rings. The molecule has 10 nitrogen and oxygen atoms in total. The number of hydrogen-bond donors (Lipinski definition) is 0. The van der Waals surface area contributed by atoms with Crippen LogP contribution in [0.5, 0.6) is 0 Å². The fraction of sp³-hybridized carbons (Fsp3) is 0.545. The van der Waals surface area contributed by atoms with Crippen LogP contribution in [0.1, 0.15) is 19.9 Å². The number of fused-ring (bicyclic) bond motifs is 1. The van der Waals surface area contributed by atoms with E-state index < -0.39 is 16.3 Å². The molecule has 0 saturated carbocycles. The monoisotopic (exact) mass is 297 g/mol. The summed E-state index contributed by atoms with van der Waals surface area (Å²) in [7, 11) is 1.38. The number of hydrogen-bond acceptors (Lipinski definition) is 6. The quantitative estimate of drug-likeness (QED) is 0.552. The molecule has 0 aliphatic carbocycles. The molecule has 0 N–H and O–H groups in total. The summed E-state index contributed by atoms with van der Waals surface area (Å²) in [4.78, 5) is 42.8. The van der Waals surface area contributed by atoms with Gasteiger partial charge in [-0.2, -0.15) is 0 Å². The van der Waals surface area contributed by atoms with E-state index in [9.17, 15) is 19.7 Å². The fourth-order valence-corrected chi connectivity index (χ4v) is 2.11. The molecule has 0 aliphatic heterocycles. The number of aromatic nitrogens is 4. The first-order chi connectivity index (χ1) is 9.84. The zero-order chi connectivity index (χ0) is 15.7. The fourth-order valence-electron chi connectivity index (χ4n) is 2.11. The lowest BCUT2D eigenvalue weighted by Crippen LogP contribution is -2.39. The highest BCUT2D eigenvalue weighted by molar-refractivity contribution is 5.70. The van der Waals surface area contributed by atoms with E-state index in [1.807, 2.05) is 0 Å². The van der Waals surface area contributed by atoms with E-state index >= 15 is 0 Å². The van der Waals surface area contributed by atoms with E-state index in [-0.39, 0.29) is 30.4 Å². The van der Waals surface area contributed by atoms with Gasteiger partial charge in [0.1, 0.15) is 6.61 Å². The zero-order valence-corrected chi connectivity index (χ0v) is 11.8. The van der Waals surface area contributed by atoms with Crippen LogP contribution in [0.4, 0.5) is 0 Å². The van der Waals surface area contributed by atoms with Gasteiger partial charge in [-0.15, -0.1) is 10.1 Å². The van der Waals surface area contributed by atoms with Crippen LogP contribution < -0.4 is 11.2 Å². The first-order valence-corrected chi connectivity index (χ1v) is 6.28. The van der Waals surface area contributed by atoms with E-state index in [0.717, 1.165) is 4.57 Å². The summed E-state index contributed by atoms with van der Waals surface area (Å²) in [5, 5.41) is 9.25. The van der Waals surface area contributed by atoms with Crippen molar-refractivity contribution in [2.45, 2.75) is 26.4 Å². The lowest BCUT2D eigenvalue weighted by atomic mass is 10.3. The minimum absolute atomic E-state index is 0.0863. The van der Waals surface area contributed by atoms with Gasteiger partial charge < -0.3 is 9.40 Å². The standard InChI is InChI=1S/C11H15N5O5/c1-7(2)15-9-8(10(17)13(3)11(15)18)14(6-12-9)4-5-21-16(19)20/h6-7H,4-5H2,1-3H3. The predicted molar refractivity (Wildman–Crippen MR) is 72.6 cm³/mol. The lowest BCUT2D eigenvalue weighted by molar-refractivity contribution is -0.758. The van der Waals surface area contributed by atoms with E-state index in [4.69, 9.17) is 0 Å². The highest BCUT2D eigenvalue weighted by Gasteiger charge is 2.17. The van der Waals surface area contributed by atoms with Gasteiger partial charge in [0, 0.05) is 19.6 Å². The average molecular weight is 297 g/mol. The first kappa shape index (κ1) is 14.8. The highest BCUT2D eigenvalue weighted by Crippen LogP contribution is 2.11. The van der Waals surface area contributed by atoms with E-state index in [2.05, 4.69) is 9.82 Å². The Morgan fingerprint density at radius 3 is 2.67 bits per heavy atom. The molecule has 0 unspecified atom stereocenters. The third kappa shape index (κ3) is 2.51. The van der Waals surface area contributed by atoms with E-state index in [0.29, 0.717) is 0 Å². The van der Waals surface area contributed by atoms with Crippen LogP contribution in [-0.4, -0.2) is 30.4 Å². The molecule has 0 spiro atoms. The Bertz CT molecular complexity index is 800. The van der Waals surface area contributed by atoms with Gasteiger partial charge in [-0.05, 0) is 13.8 Å². The van der Waals surface area contributed by atoms with Crippen molar-refractivity contribution in [2.75, 3.05) is 6.61 Å². The van der Waals surface area contributed by atoms with Gasteiger partial charge in [-0.1, -0.05) is 0 Å². The minimum atomic E-state index is -0.902. The molecule has 0 aliphatic rings. The van der Waals surface area contributed by atoms with Crippen molar-refractivity contribution >= 4 is 11.2 Å². The summed E-state index contributed by atoms with van der Waals surface area (Å²) in [5.41, 5.74) is -0.461. The van der Waals surface area contributed by atoms with Gasteiger partial charge in [0.05, 0.1) is 6.33 Å². The highest BCUT2D eigenvalue weighted by atomic mass is 16.9. The first-order valence-electron chi connectivity index (χ1n) is 6.28. The summed E-state index contributed by atoms with van der Waals surface area (Å²) in [6.07, 6.45) is 1.37. The summed E-state index contributed by atoms with van der Waals surface area (Å²) in [5.74, 6) is 0. The molecule has 0 radical (unpaired) electrons.